The molecule has 10 nitrogen and oxygen atoms in total. The number of ether oxygens (including phenoxy) is 1. The number of benzene rings is 1. The maximum absolute atomic E-state index is 14.2. The number of pyridine rings is 2. The van der Waals surface area contributed by atoms with Gasteiger partial charge in [0, 0.05) is 30.5 Å². The SMILES string of the molecule is O=C(NNc1ncc(F)c(N2CCOCC2)n1)c1ccc(Nc2cccc(-c3ccccn3)c2)cn1. The molecule has 1 aliphatic rings. The van der Waals surface area contributed by atoms with Crippen LogP contribution in [-0.4, -0.2) is 52.1 Å². The van der Waals surface area contributed by atoms with E-state index in [2.05, 4.69) is 36.1 Å². The van der Waals surface area contributed by atoms with E-state index in [1.807, 2.05) is 42.5 Å². The Morgan fingerprint density at radius 1 is 0.944 bits per heavy atom. The Morgan fingerprint density at radius 3 is 2.61 bits per heavy atom. The summed E-state index contributed by atoms with van der Waals surface area (Å²) in [5.74, 6) is -0.799. The van der Waals surface area contributed by atoms with Gasteiger partial charge in [-0.25, -0.2) is 14.4 Å². The Kier molecular flexibility index (Phi) is 6.90. The van der Waals surface area contributed by atoms with E-state index in [0.717, 1.165) is 28.8 Å². The molecule has 1 fully saturated rings. The molecule has 0 bridgehead atoms. The molecule has 36 heavy (non-hydrogen) atoms. The normalized spacial score (nSPS) is 13.2. The van der Waals surface area contributed by atoms with Gasteiger partial charge in [0.1, 0.15) is 5.69 Å². The van der Waals surface area contributed by atoms with Crippen LogP contribution >= 0.6 is 0 Å². The van der Waals surface area contributed by atoms with Gasteiger partial charge < -0.3 is 15.0 Å². The van der Waals surface area contributed by atoms with Gasteiger partial charge in [-0.05, 0) is 36.4 Å². The lowest BCUT2D eigenvalue weighted by Crippen LogP contribution is -2.38. The van der Waals surface area contributed by atoms with Gasteiger partial charge in [0.25, 0.3) is 5.91 Å². The van der Waals surface area contributed by atoms with Crippen LogP contribution in [0.15, 0.2) is 73.2 Å². The van der Waals surface area contributed by atoms with Crippen molar-refractivity contribution in [3.8, 4) is 11.3 Å². The molecule has 1 aromatic carbocycles. The fourth-order valence-corrected chi connectivity index (χ4v) is 3.65. The lowest BCUT2D eigenvalue weighted by molar-refractivity contribution is 0.0957. The fraction of sp³-hybridized carbons (Fsp3) is 0.160. The Morgan fingerprint density at radius 2 is 1.83 bits per heavy atom. The summed E-state index contributed by atoms with van der Waals surface area (Å²) in [6.07, 6.45) is 4.38. The van der Waals surface area contributed by atoms with Gasteiger partial charge >= 0.3 is 0 Å². The van der Waals surface area contributed by atoms with Crippen LogP contribution in [0, 0.1) is 5.82 Å². The maximum Gasteiger partial charge on any atom is 0.288 e. The molecule has 0 unspecified atom stereocenters. The number of anilines is 4. The number of hydrogen-bond acceptors (Lipinski definition) is 9. The minimum Gasteiger partial charge on any atom is -0.378 e. The summed E-state index contributed by atoms with van der Waals surface area (Å²) in [5.41, 5.74) is 8.73. The van der Waals surface area contributed by atoms with Crippen LogP contribution in [0.2, 0.25) is 0 Å². The molecule has 4 aromatic rings. The second-order valence-corrected chi connectivity index (χ2v) is 7.90. The third-order valence-corrected chi connectivity index (χ3v) is 5.43. The summed E-state index contributed by atoms with van der Waals surface area (Å²) >= 11 is 0. The predicted molar refractivity (Wildman–Crippen MR) is 133 cm³/mol. The third-order valence-electron chi connectivity index (χ3n) is 5.43. The van der Waals surface area contributed by atoms with E-state index in [1.54, 1.807) is 29.4 Å². The van der Waals surface area contributed by atoms with Gasteiger partial charge in [-0.2, -0.15) is 4.98 Å². The number of hydrogen-bond donors (Lipinski definition) is 3. The van der Waals surface area contributed by atoms with Crippen LogP contribution in [0.25, 0.3) is 11.3 Å². The first-order valence-corrected chi connectivity index (χ1v) is 11.3. The Balaban J connectivity index is 1.20. The molecule has 11 heteroatoms. The zero-order valence-corrected chi connectivity index (χ0v) is 19.2. The molecule has 0 radical (unpaired) electrons. The molecule has 1 saturated heterocycles. The Bertz CT molecular complexity index is 1330. The molecule has 1 amide bonds. The summed E-state index contributed by atoms with van der Waals surface area (Å²) in [6.45, 7) is 2.04. The molecule has 3 aromatic heterocycles. The van der Waals surface area contributed by atoms with E-state index >= 15 is 0 Å². The number of rotatable bonds is 7. The van der Waals surface area contributed by atoms with Gasteiger partial charge in [-0.15, -0.1) is 0 Å². The van der Waals surface area contributed by atoms with Gasteiger partial charge in [0.05, 0.1) is 37.0 Å². The lowest BCUT2D eigenvalue weighted by atomic mass is 10.1. The Hall–Kier alpha value is -4.64. The number of nitrogens with zero attached hydrogens (tertiary/aromatic N) is 5. The van der Waals surface area contributed by atoms with Gasteiger partial charge in [0.2, 0.25) is 5.95 Å². The van der Waals surface area contributed by atoms with Crippen molar-refractivity contribution in [1.82, 2.24) is 25.4 Å². The zero-order valence-electron chi connectivity index (χ0n) is 19.2. The van der Waals surface area contributed by atoms with E-state index in [-0.39, 0.29) is 17.5 Å². The molecule has 1 aliphatic heterocycles. The van der Waals surface area contributed by atoms with Crippen molar-refractivity contribution < 1.29 is 13.9 Å². The molecule has 0 saturated carbocycles. The van der Waals surface area contributed by atoms with E-state index < -0.39 is 11.7 Å². The van der Waals surface area contributed by atoms with Crippen molar-refractivity contribution in [2.45, 2.75) is 0 Å². The maximum atomic E-state index is 14.2. The smallest absolute Gasteiger partial charge is 0.288 e. The molecular weight excluding hydrogens is 463 g/mol. The average molecular weight is 487 g/mol. The number of nitrogens with one attached hydrogen (secondary N) is 3. The molecular formula is C25H23FN8O2. The third kappa shape index (κ3) is 5.53. The number of amides is 1. The molecule has 0 spiro atoms. The predicted octanol–water partition coefficient (Wildman–Crippen LogP) is 3.41. The van der Waals surface area contributed by atoms with Crippen molar-refractivity contribution in [2.24, 2.45) is 0 Å². The number of morpholine rings is 1. The van der Waals surface area contributed by atoms with Crippen LogP contribution in [-0.2, 0) is 4.74 Å². The monoisotopic (exact) mass is 486 g/mol. The number of hydrazine groups is 1. The molecule has 4 heterocycles. The highest BCUT2D eigenvalue weighted by Gasteiger charge is 2.18. The van der Waals surface area contributed by atoms with E-state index in [1.165, 1.54) is 0 Å². The first-order valence-electron chi connectivity index (χ1n) is 11.3. The summed E-state index contributed by atoms with van der Waals surface area (Å²) in [7, 11) is 0. The van der Waals surface area contributed by atoms with Crippen LogP contribution in [0.4, 0.5) is 27.5 Å². The topological polar surface area (TPSA) is 117 Å². The van der Waals surface area contributed by atoms with Crippen molar-refractivity contribution in [3.63, 3.8) is 0 Å². The highest BCUT2D eigenvalue weighted by molar-refractivity contribution is 5.93. The summed E-state index contributed by atoms with van der Waals surface area (Å²) < 4.78 is 19.5. The number of halogens is 1. The molecule has 182 valence electrons. The number of carbonyl (C=O) groups excluding carboxylic acids is 1. The lowest BCUT2D eigenvalue weighted by Gasteiger charge is -2.28. The van der Waals surface area contributed by atoms with Gasteiger partial charge in [-0.3, -0.25) is 20.6 Å². The van der Waals surface area contributed by atoms with E-state index in [4.69, 9.17) is 4.74 Å². The first kappa shape index (κ1) is 23.1. The van der Waals surface area contributed by atoms with Gasteiger partial charge in [0.15, 0.2) is 11.6 Å². The van der Waals surface area contributed by atoms with Gasteiger partial charge in [-0.1, -0.05) is 18.2 Å². The highest BCUT2D eigenvalue weighted by Crippen LogP contribution is 2.23. The van der Waals surface area contributed by atoms with Crippen molar-refractivity contribution in [2.75, 3.05) is 41.9 Å². The molecule has 5 rings (SSSR count). The number of aromatic nitrogens is 4. The highest BCUT2D eigenvalue weighted by atomic mass is 19.1. The Labute approximate surface area is 206 Å². The second-order valence-electron chi connectivity index (χ2n) is 7.90. The van der Waals surface area contributed by atoms with Crippen molar-refractivity contribution in [1.29, 1.82) is 0 Å². The summed E-state index contributed by atoms with van der Waals surface area (Å²) in [4.78, 5) is 31.0. The quantitative estimate of drug-likeness (QED) is 0.338. The van der Waals surface area contributed by atoms with Crippen LogP contribution < -0.4 is 21.1 Å². The van der Waals surface area contributed by atoms with E-state index in [9.17, 15) is 9.18 Å². The minimum absolute atomic E-state index is 0.0670. The number of carbonyl (C=O) groups is 1. The van der Waals surface area contributed by atoms with E-state index in [0.29, 0.717) is 26.3 Å². The largest absolute Gasteiger partial charge is 0.378 e. The fourth-order valence-electron chi connectivity index (χ4n) is 3.65. The summed E-state index contributed by atoms with van der Waals surface area (Å²) in [5, 5.41) is 3.27. The van der Waals surface area contributed by atoms with Crippen molar-refractivity contribution in [3.05, 3.63) is 84.7 Å². The van der Waals surface area contributed by atoms with Crippen LogP contribution in [0.3, 0.4) is 0 Å². The second kappa shape index (κ2) is 10.7. The molecule has 0 atom stereocenters. The average Bonchev–Trinajstić information content (AvgIpc) is 2.94. The van der Waals surface area contributed by atoms with Crippen LogP contribution in [0.1, 0.15) is 10.5 Å². The zero-order chi connectivity index (χ0) is 24.7. The standard InChI is InChI=1S/C25H23FN8O2/c26-20-16-29-25(31-23(20)34-10-12-36-13-11-34)33-32-24(35)22-8-7-19(15-28-22)30-18-5-3-4-17(14-18)21-6-1-2-9-27-21/h1-9,14-16,30H,10-13H2,(H,32,35)(H,29,31,33). The summed E-state index contributed by atoms with van der Waals surface area (Å²) in [6, 6.07) is 17.0. The van der Waals surface area contributed by atoms with Crippen molar-refractivity contribution >= 4 is 29.0 Å². The molecule has 0 aliphatic carbocycles. The first-order chi connectivity index (χ1) is 17.7. The minimum atomic E-state index is -0.538. The molecule has 3 N–H and O–H groups in total. The van der Waals surface area contributed by atoms with Crippen LogP contribution in [0.5, 0.6) is 0 Å².